The van der Waals surface area contributed by atoms with Crippen LogP contribution >= 0.6 is 0 Å². The summed E-state index contributed by atoms with van der Waals surface area (Å²) in [7, 11) is 0. The standard InChI is InChI=1S/C19H21NO3/c1-15-13-20(19(21)23-17-10-6-3-7-11-17)14-18(22-15)12-16-8-4-2-5-9-16/h2-11,15,18H,12-14H2,1H3. The van der Waals surface area contributed by atoms with E-state index >= 15 is 0 Å². The number of morpholine rings is 1. The van der Waals surface area contributed by atoms with Crippen molar-refractivity contribution in [1.82, 2.24) is 4.90 Å². The van der Waals surface area contributed by atoms with Gasteiger partial charge in [-0.3, -0.25) is 0 Å². The predicted octanol–water partition coefficient (Wildman–Crippen LogP) is 3.52. The molecule has 1 amide bonds. The molecule has 23 heavy (non-hydrogen) atoms. The fourth-order valence-electron chi connectivity index (χ4n) is 2.84. The maximum absolute atomic E-state index is 12.4. The number of ether oxygens (including phenoxy) is 2. The van der Waals surface area contributed by atoms with Gasteiger partial charge in [-0.05, 0) is 24.6 Å². The van der Waals surface area contributed by atoms with E-state index in [9.17, 15) is 4.79 Å². The molecule has 1 saturated heterocycles. The van der Waals surface area contributed by atoms with Gasteiger partial charge < -0.3 is 14.4 Å². The predicted molar refractivity (Wildman–Crippen MR) is 88.5 cm³/mol. The van der Waals surface area contributed by atoms with Crippen molar-refractivity contribution in [3.63, 3.8) is 0 Å². The third kappa shape index (κ3) is 4.33. The molecule has 1 aliphatic heterocycles. The van der Waals surface area contributed by atoms with E-state index in [1.807, 2.05) is 43.3 Å². The molecule has 2 aromatic carbocycles. The molecule has 1 aliphatic rings. The van der Waals surface area contributed by atoms with Crippen molar-refractivity contribution in [2.24, 2.45) is 0 Å². The molecule has 0 aromatic heterocycles. The summed E-state index contributed by atoms with van der Waals surface area (Å²) in [4.78, 5) is 14.1. The molecule has 1 heterocycles. The minimum absolute atomic E-state index is 0.000727. The highest BCUT2D eigenvalue weighted by Gasteiger charge is 2.29. The van der Waals surface area contributed by atoms with E-state index in [4.69, 9.17) is 9.47 Å². The Hall–Kier alpha value is -2.33. The number of hydrogen-bond donors (Lipinski definition) is 0. The van der Waals surface area contributed by atoms with Crippen molar-refractivity contribution in [3.8, 4) is 5.75 Å². The van der Waals surface area contributed by atoms with Crippen molar-refractivity contribution in [1.29, 1.82) is 0 Å². The van der Waals surface area contributed by atoms with E-state index < -0.39 is 0 Å². The van der Waals surface area contributed by atoms with Gasteiger partial charge >= 0.3 is 6.09 Å². The van der Waals surface area contributed by atoms with Gasteiger partial charge in [-0.25, -0.2) is 4.79 Å². The number of benzene rings is 2. The monoisotopic (exact) mass is 311 g/mol. The molecule has 1 fully saturated rings. The largest absolute Gasteiger partial charge is 0.415 e. The van der Waals surface area contributed by atoms with Crippen LogP contribution in [-0.4, -0.2) is 36.3 Å². The van der Waals surface area contributed by atoms with Crippen molar-refractivity contribution >= 4 is 6.09 Å². The summed E-state index contributed by atoms with van der Waals surface area (Å²) in [5, 5.41) is 0. The van der Waals surface area contributed by atoms with Gasteiger partial charge in [0.15, 0.2) is 0 Å². The van der Waals surface area contributed by atoms with Crippen molar-refractivity contribution in [2.45, 2.75) is 25.6 Å². The zero-order chi connectivity index (χ0) is 16.1. The first-order valence-corrected chi connectivity index (χ1v) is 7.92. The highest BCUT2D eigenvalue weighted by molar-refractivity contribution is 5.70. The Kier molecular flexibility index (Phi) is 4.93. The Balaban J connectivity index is 1.62. The molecular formula is C19H21NO3. The van der Waals surface area contributed by atoms with Crippen LogP contribution in [-0.2, 0) is 11.2 Å². The minimum atomic E-state index is -0.315. The van der Waals surface area contributed by atoms with Gasteiger partial charge in [0.05, 0.1) is 25.3 Å². The van der Waals surface area contributed by atoms with Gasteiger partial charge in [-0.2, -0.15) is 0 Å². The van der Waals surface area contributed by atoms with Gasteiger partial charge in [-0.1, -0.05) is 48.5 Å². The van der Waals surface area contributed by atoms with Crippen LogP contribution in [0.4, 0.5) is 4.79 Å². The quantitative estimate of drug-likeness (QED) is 0.870. The number of carbonyl (C=O) groups is 1. The maximum atomic E-state index is 12.4. The van der Waals surface area contributed by atoms with Crippen LogP contribution in [0.5, 0.6) is 5.75 Å². The summed E-state index contributed by atoms with van der Waals surface area (Å²) in [6.07, 6.45) is 0.468. The lowest BCUT2D eigenvalue weighted by Gasteiger charge is -2.36. The van der Waals surface area contributed by atoms with Gasteiger partial charge in [0.2, 0.25) is 0 Å². The smallest absolute Gasteiger partial charge is 0.410 e. The van der Waals surface area contributed by atoms with Gasteiger partial charge in [-0.15, -0.1) is 0 Å². The van der Waals surface area contributed by atoms with E-state index in [1.165, 1.54) is 5.56 Å². The third-order valence-corrected chi connectivity index (χ3v) is 3.84. The second-order valence-electron chi connectivity index (χ2n) is 5.84. The molecule has 120 valence electrons. The molecule has 2 atom stereocenters. The Labute approximate surface area is 136 Å². The van der Waals surface area contributed by atoms with E-state index in [1.54, 1.807) is 17.0 Å². The summed E-state index contributed by atoms with van der Waals surface area (Å²) in [6.45, 7) is 3.09. The lowest BCUT2D eigenvalue weighted by Crippen LogP contribution is -2.50. The van der Waals surface area contributed by atoms with Crippen LogP contribution in [0.2, 0.25) is 0 Å². The second kappa shape index (κ2) is 7.29. The number of para-hydroxylation sites is 1. The van der Waals surface area contributed by atoms with Gasteiger partial charge in [0.25, 0.3) is 0 Å². The maximum Gasteiger partial charge on any atom is 0.415 e. The summed E-state index contributed by atoms with van der Waals surface area (Å²) >= 11 is 0. The normalized spacial score (nSPS) is 21.0. The number of amides is 1. The summed E-state index contributed by atoms with van der Waals surface area (Å²) in [5.41, 5.74) is 1.21. The second-order valence-corrected chi connectivity index (χ2v) is 5.84. The Morgan fingerprint density at radius 1 is 1.09 bits per heavy atom. The summed E-state index contributed by atoms with van der Waals surface area (Å²) in [5.74, 6) is 0.566. The molecule has 0 saturated carbocycles. The first kappa shape index (κ1) is 15.6. The Morgan fingerprint density at radius 3 is 2.43 bits per heavy atom. The number of carbonyl (C=O) groups excluding carboxylic acids is 1. The zero-order valence-corrected chi connectivity index (χ0v) is 13.2. The summed E-state index contributed by atoms with van der Waals surface area (Å²) < 4.78 is 11.4. The number of nitrogens with zero attached hydrogens (tertiary/aromatic N) is 1. The minimum Gasteiger partial charge on any atom is -0.410 e. The molecule has 4 nitrogen and oxygen atoms in total. The fourth-order valence-corrected chi connectivity index (χ4v) is 2.84. The third-order valence-electron chi connectivity index (χ3n) is 3.84. The van der Waals surface area contributed by atoms with E-state index in [-0.39, 0.29) is 18.3 Å². The average Bonchev–Trinajstić information content (AvgIpc) is 2.56. The van der Waals surface area contributed by atoms with Crippen LogP contribution in [0.1, 0.15) is 12.5 Å². The average molecular weight is 311 g/mol. The first-order chi connectivity index (χ1) is 11.2. The van der Waals surface area contributed by atoms with E-state index in [0.29, 0.717) is 18.8 Å². The van der Waals surface area contributed by atoms with Crippen molar-refractivity contribution in [3.05, 3.63) is 66.2 Å². The molecule has 0 spiro atoms. The van der Waals surface area contributed by atoms with E-state index in [0.717, 1.165) is 6.42 Å². The molecule has 0 N–H and O–H groups in total. The number of rotatable bonds is 3. The van der Waals surface area contributed by atoms with Crippen molar-refractivity contribution in [2.75, 3.05) is 13.1 Å². The highest BCUT2D eigenvalue weighted by atomic mass is 16.6. The Morgan fingerprint density at radius 2 is 1.74 bits per heavy atom. The van der Waals surface area contributed by atoms with E-state index in [2.05, 4.69) is 12.1 Å². The van der Waals surface area contributed by atoms with Gasteiger partial charge in [0, 0.05) is 6.42 Å². The van der Waals surface area contributed by atoms with Crippen LogP contribution in [0, 0.1) is 0 Å². The fraction of sp³-hybridized carbons (Fsp3) is 0.316. The highest BCUT2D eigenvalue weighted by Crippen LogP contribution is 2.18. The molecule has 3 rings (SSSR count). The molecule has 2 unspecified atom stereocenters. The SMILES string of the molecule is CC1CN(C(=O)Oc2ccccc2)CC(Cc2ccccc2)O1. The van der Waals surface area contributed by atoms with Crippen LogP contribution in [0.3, 0.4) is 0 Å². The van der Waals surface area contributed by atoms with Gasteiger partial charge in [0.1, 0.15) is 5.75 Å². The Bertz CT molecular complexity index is 630. The molecule has 0 bridgehead atoms. The molecular weight excluding hydrogens is 290 g/mol. The lowest BCUT2D eigenvalue weighted by molar-refractivity contribution is -0.0673. The topological polar surface area (TPSA) is 38.8 Å². The van der Waals surface area contributed by atoms with Crippen LogP contribution < -0.4 is 4.74 Å². The molecule has 0 radical (unpaired) electrons. The molecule has 4 heteroatoms. The lowest BCUT2D eigenvalue weighted by atomic mass is 10.1. The van der Waals surface area contributed by atoms with Crippen LogP contribution in [0.15, 0.2) is 60.7 Å². The first-order valence-electron chi connectivity index (χ1n) is 7.92. The molecule has 0 aliphatic carbocycles. The molecule has 2 aromatic rings. The van der Waals surface area contributed by atoms with Crippen LogP contribution in [0.25, 0.3) is 0 Å². The number of hydrogen-bond acceptors (Lipinski definition) is 3. The summed E-state index contributed by atoms with van der Waals surface area (Å²) in [6, 6.07) is 19.3. The zero-order valence-electron chi connectivity index (χ0n) is 13.2. The van der Waals surface area contributed by atoms with Crippen molar-refractivity contribution < 1.29 is 14.3 Å².